The SMILES string of the molecule is NCC1(O)CN(Cc2cccc3c2C(=O)N(C2CCC(=O)NC2=O)C3)C1. The molecule has 8 heteroatoms. The maximum absolute atomic E-state index is 13.0. The summed E-state index contributed by atoms with van der Waals surface area (Å²) in [5, 5.41) is 12.4. The minimum Gasteiger partial charge on any atom is -0.386 e. The summed E-state index contributed by atoms with van der Waals surface area (Å²) in [7, 11) is 0. The first-order valence-corrected chi connectivity index (χ1v) is 8.80. The number of imide groups is 1. The van der Waals surface area contributed by atoms with Crippen LogP contribution >= 0.6 is 0 Å². The maximum atomic E-state index is 13.0. The summed E-state index contributed by atoms with van der Waals surface area (Å²) in [6.07, 6.45) is 0.601. The second kappa shape index (κ2) is 6.15. The molecular weight excluding hydrogens is 336 g/mol. The molecule has 2 saturated heterocycles. The Morgan fingerprint density at radius 2 is 2.04 bits per heavy atom. The molecule has 0 aromatic heterocycles. The normalized spacial score (nSPS) is 25.1. The van der Waals surface area contributed by atoms with E-state index in [4.69, 9.17) is 5.73 Å². The molecule has 1 unspecified atom stereocenters. The molecule has 1 aromatic rings. The number of aliphatic hydroxyl groups is 1. The highest BCUT2D eigenvalue weighted by atomic mass is 16.3. The number of likely N-dealkylation sites (tertiary alicyclic amines) is 1. The lowest BCUT2D eigenvalue weighted by molar-refractivity contribution is -0.136. The van der Waals surface area contributed by atoms with Gasteiger partial charge in [0.25, 0.3) is 5.91 Å². The summed E-state index contributed by atoms with van der Waals surface area (Å²) >= 11 is 0. The molecule has 3 aliphatic rings. The second-order valence-corrected chi connectivity index (χ2v) is 7.42. The number of benzene rings is 1. The highest BCUT2D eigenvalue weighted by Gasteiger charge is 2.42. The molecule has 8 nitrogen and oxygen atoms in total. The Bertz CT molecular complexity index is 787. The standard InChI is InChI=1S/C18H22N4O4/c19-8-18(26)9-21(10-18)6-11-2-1-3-12-7-22(17(25)15(11)12)13-4-5-14(23)20-16(13)24/h1-3,13,26H,4-10,19H2,(H,20,23,24). The van der Waals surface area contributed by atoms with Gasteiger partial charge in [-0.15, -0.1) is 0 Å². The van der Waals surface area contributed by atoms with E-state index < -0.39 is 17.6 Å². The van der Waals surface area contributed by atoms with Gasteiger partial charge in [0, 0.05) is 44.7 Å². The van der Waals surface area contributed by atoms with E-state index in [0.717, 1.165) is 11.1 Å². The van der Waals surface area contributed by atoms with Gasteiger partial charge < -0.3 is 15.7 Å². The summed E-state index contributed by atoms with van der Waals surface area (Å²) in [5.74, 6) is -0.860. The van der Waals surface area contributed by atoms with Gasteiger partial charge in [0.1, 0.15) is 11.6 Å². The molecule has 1 atom stereocenters. The van der Waals surface area contributed by atoms with Crippen LogP contribution in [0.4, 0.5) is 0 Å². The zero-order valence-corrected chi connectivity index (χ0v) is 14.4. The Kier molecular flexibility index (Phi) is 4.06. The zero-order chi connectivity index (χ0) is 18.5. The largest absolute Gasteiger partial charge is 0.386 e. The lowest BCUT2D eigenvalue weighted by Crippen LogP contribution is -2.64. The van der Waals surface area contributed by atoms with Crippen molar-refractivity contribution in [3.63, 3.8) is 0 Å². The quantitative estimate of drug-likeness (QED) is 0.592. The number of hydrogen-bond acceptors (Lipinski definition) is 6. The van der Waals surface area contributed by atoms with Crippen LogP contribution in [0.3, 0.4) is 0 Å². The number of nitrogens with zero attached hydrogens (tertiary/aromatic N) is 2. The molecule has 3 heterocycles. The molecule has 0 aliphatic carbocycles. The number of nitrogens with two attached hydrogens (primary N) is 1. The molecule has 138 valence electrons. The molecule has 1 aromatic carbocycles. The fourth-order valence-electron chi connectivity index (χ4n) is 4.09. The number of piperidine rings is 1. The van der Waals surface area contributed by atoms with Crippen LogP contribution < -0.4 is 11.1 Å². The highest BCUT2D eigenvalue weighted by molar-refractivity contribution is 6.05. The van der Waals surface area contributed by atoms with Crippen LogP contribution in [0.2, 0.25) is 0 Å². The number of rotatable bonds is 4. The highest BCUT2D eigenvalue weighted by Crippen LogP contribution is 2.31. The van der Waals surface area contributed by atoms with E-state index in [2.05, 4.69) is 5.32 Å². The number of hydrogen-bond donors (Lipinski definition) is 3. The fraction of sp³-hybridized carbons (Fsp3) is 0.500. The number of β-amino-alcohol motifs (C(OH)–C–C–N with tert-alkyl or cyclic N) is 1. The lowest BCUT2D eigenvalue weighted by atomic mass is 9.93. The Morgan fingerprint density at radius 3 is 2.73 bits per heavy atom. The van der Waals surface area contributed by atoms with Crippen LogP contribution in [-0.2, 0) is 22.7 Å². The monoisotopic (exact) mass is 358 g/mol. The van der Waals surface area contributed by atoms with Gasteiger partial charge in [0.15, 0.2) is 0 Å². The molecule has 4 rings (SSSR count). The summed E-state index contributed by atoms with van der Waals surface area (Å²) in [6.45, 7) is 2.12. The van der Waals surface area contributed by atoms with Crippen molar-refractivity contribution in [3.8, 4) is 0 Å². The Hall–Kier alpha value is -2.29. The number of carbonyl (C=O) groups excluding carboxylic acids is 3. The molecule has 2 fully saturated rings. The van der Waals surface area contributed by atoms with E-state index in [9.17, 15) is 19.5 Å². The lowest BCUT2D eigenvalue weighted by Gasteiger charge is -2.46. The van der Waals surface area contributed by atoms with Gasteiger partial charge in [-0.1, -0.05) is 18.2 Å². The average Bonchev–Trinajstić information content (AvgIpc) is 2.91. The van der Waals surface area contributed by atoms with Gasteiger partial charge in [-0.05, 0) is 17.5 Å². The van der Waals surface area contributed by atoms with Gasteiger partial charge >= 0.3 is 0 Å². The Labute approximate surface area is 150 Å². The van der Waals surface area contributed by atoms with Crippen molar-refractivity contribution in [2.24, 2.45) is 5.73 Å². The summed E-state index contributed by atoms with van der Waals surface area (Å²) in [5.41, 5.74) is 7.15. The summed E-state index contributed by atoms with van der Waals surface area (Å²) in [4.78, 5) is 40.1. The van der Waals surface area contributed by atoms with Gasteiger partial charge in [0.2, 0.25) is 11.8 Å². The number of carbonyl (C=O) groups is 3. The van der Waals surface area contributed by atoms with Crippen LogP contribution in [0, 0.1) is 0 Å². The molecular formula is C18H22N4O4. The topological polar surface area (TPSA) is 116 Å². The van der Waals surface area contributed by atoms with E-state index in [-0.39, 0.29) is 24.8 Å². The van der Waals surface area contributed by atoms with Gasteiger partial charge in [-0.3, -0.25) is 24.6 Å². The minimum atomic E-state index is -0.833. The molecule has 3 amide bonds. The van der Waals surface area contributed by atoms with E-state index >= 15 is 0 Å². The van der Waals surface area contributed by atoms with Crippen LogP contribution in [-0.4, -0.2) is 63.9 Å². The molecule has 0 radical (unpaired) electrons. The van der Waals surface area contributed by atoms with E-state index in [1.807, 2.05) is 23.1 Å². The Morgan fingerprint density at radius 1 is 1.27 bits per heavy atom. The van der Waals surface area contributed by atoms with Crippen molar-refractivity contribution >= 4 is 17.7 Å². The van der Waals surface area contributed by atoms with Crippen molar-refractivity contribution in [1.82, 2.24) is 15.1 Å². The van der Waals surface area contributed by atoms with Gasteiger partial charge in [-0.25, -0.2) is 0 Å². The first-order chi connectivity index (χ1) is 12.4. The molecule has 4 N–H and O–H groups in total. The fourth-order valence-corrected chi connectivity index (χ4v) is 4.09. The Balaban J connectivity index is 1.52. The van der Waals surface area contributed by atoms with Crippen LogP contribution in [0.25, 0.3) is 0 Å². The van der Waals surface area contributed by atoms with E-state index in [1.54, 1.807) is 4.90 Å². The third-order valence-corrected chi connectivity index (χ3v) is 5.45. The van der Waals surface area contributed by atoms with Crippen molar-refractivity contribution in [1.29, 1.82) is 0 Å². The minimum absolute atomic E-state index is 0.167. The van der Waals surface area contributed by atoms with Crippen molar-refractivity contribution < 1.29 is 19.5 Å². The summed E-state index contributed by atoms with van der Waals surface area (Å²) in [6, 6.07) is 5.11. The van der Waals surface area contributed by atoms with Crippen LogP contribution in [0.15, 0.2) is 18.2 Å². The van der Waals surface area contributed by atoms with Crippen molar-refractivity contribution in [2.75, 3.05) is 19.6 Å². The van der Waals surface area contributed by atoms with Crippen molar-refractivity contribution in [2.45, 2.75) is 37.6 Å². The molecule has 0 bridgehead atoms. The first kappa shape index (κ1) is 17.1. The van der Waals surface area contributed by atoms with Gasteiger partial charge in [0.05, 0.1) is 0 Å². The van der Waals surface area contributed by atoms with Crippen LogP contribution in [0.5, 0.6) is 0 Å². The maximum Gasteiger partial charge on any atom is 0.255 e. The predicted molar refractivity (Wildman–Crippen MR) is 91.8 cm³/mol. The zero-order valence-electron chi connectivity index (χ0n) is 14.4. The smallest absolute Gasteiger partial charge is 0.255 e. The third-order valence-electron chi connectivity index (χ3n) is 5.45. The number of amides is 3. The third kappa shape index (κ3) is 2.80. The molecule has 26 heavy (non-hydrogen) atoms. The predicted octanol–water partition coefficient (Wildman–Crippen LogP) is -1.05. The summed E-state index contributed by atoms with van der Waals surface area (Å²) < 4.78 is 0. The number of fused-ring (bicyclic) bond motifs is 1. The van der Waals surface area contributed by atoms with Gasteiger partial charge in [-0.2, -0.15) is 0 Å². The molecule has 0 spiro atoms. The average molecular weight is 358 g/mol. The number of nitrogens with one attached hydrogen (secondary N) is 1. The van der Waals surface area contributed by atoms with E-state index in [0.29, 0.717) is 38.2 Å². The van der Waals surface area contributed by atoms with Crippen LogP contribution in [0.1, 0.15) is 34.3 Å². The van der Waals surface area contributed by atoms with E-state index in [1.165, 1.54) is 0 Å². The first-order valence-electron chi connectivity index (χ1n) is 8.80. The van der Waals surface area contributed by atoms with Crippen molar-refractivity contribution in [3.05, 3.63) is 34.9 Å². The molecule has 3 aliphatic heterocycles. The molecule has 0 saturated carbocycles. The second-order valence-electron chi connectivity index (χ2n) is 7.42.